The summed E-state index contributed by atoms with van der Waals surface area (Å²) in [6, 6.07) is 7.15. The quantitative estimate of drug-likeness (QED) is 0.860. The van der Waals surface area contributed by atoms with Gasteiger partial charge in [-0.15, -0.1) is 0 Å². The smallest absolute Gasteiger partial charge is 0.0396 e. The van der Waals surface area contributed by atoms with Crippen molar-refractivity contribution in [3.8, 4) is 0 Å². The molecular formula is C16H24N2. The summed E-state index contributed by atoms with van der Waals surface area (Å²) in [6.45, 7) is 3.62. The van der Waals surface area contributed by atoms with Crippen LogP contribution in [0.3, 0.4) is 0 Å². The minimum Gasteiger partial charge on any atom is -0.374 e. The van der Waals surface area contributed by atoms with Gasteiger partial charge in [-0.05, 0) is 68.3 Å². The lowest BCUT2D eigenvalue weighted by Gasteiger charge is -2.28. The normalized spacial score (nSPS) is 20.8. The summed E-state index contributed by atoms with van der Waals surface area (Å²) < 4.78 is 0. The Morgan fingerprint density at radius 2 is 2.11 bits per heavy atom. The van der Waals surface area contributed by atoms with Gasteiger partial charge in [-0.25, -0.2) is 0 Å². The van der Waals surface area contributed by atoms with Crippen molar-refractivity contribution in [2.75, 3.05) is 31.6 Å². The minimum atomic E-state index is 0.894. The summed E-state index contributed by atoms with van der Waals surface area (Å²) in [5.74, 6) is 0.894. The van der Waals surface area contributed by atoms with Crippen molar-refractivity contribution >= 4 is 5.69 Å². The van der Waals surface area contributed by atoms with Gasteiger partial charge in [0.25, 0.3) is 0 Å². The van der Waals surface area contributed by atoms with Gasteiger partial charge in [-0.2, -0.15) is 0 Å². The first kappa shape index (κ1) is 12.0. The molecule has 0 aliphatic carbocycles. The molecule has 2 aliphatic rings. The number of anilines is 1. The molecule has 2 aliphatic heterocycles. The lowest BCUT2D eigenvalue weighted by atomic mass is 9.89. The standard InChI is InChI=1S/C16H24N2/c1-18-10-2-3-15-12-14(4-5-16(15)18)11-13-6-8-17-9-7-13/h4-5,12-13,17H,2-3,6-11H2,1H3. The Morgan fingerprint density at radius 1 is 1.28 bits per heavy atom. The predicted molar refractivity (Wildman–Crippen MR) is 77.3 cm³/mol. The van der Waals surface area contributed by atoms with Gasteiger partial charge < -0.3 is 10.2 Å². The summed E-state index contributed by atoms with van der Waals surface area (Å²) in [5.41, 5.74) is 4.57. The molecule has 1 saturated heterocycles. The Hall–Kier alpha value is -1.02. The fourth-order valence-electron chi connectivity index (χ4n) is 3.38. The number of nitrogens with zero attached hydrogens (tertiary/aromatic N) is 1. The van der Waals surface area contributed by atoms with Crippen LogP contribution < -0.4 is 10.2 Å². The van der Waals surface area contributed by atoms with Crippen LogP contribution in [0.2, 0.25) is 0 Å². The summed E-state index contributed by atoms with van der Waals surface area (Å²) in [6.07, 6.45) is 6.53. The SMILES string of the molecule is CN1CCCc2cc(CC3CCNCC3)ccc21. The second-order valence-corrected chi connectivity index (χ2v) is 5.89. The Morgan fingerprint density at radius 3 is 2.94 bits per heavy atom. The zero-order chi connectivity index (χ0) is 12.4. The number of benzene rings is 1. The molecular weight excluding hydrogens is 220 g/mol. The summed E-state index contributed by atoms with van der Waals surface area (Å²) >= 11 is 0. The number of hydrogen-bond acceptors (Lipinski definition) is 2. The third-order valence-corrected chi connectivity index (χ3v) is 4.48. The topological polar surface area (TPSA) is 15.3 Å². The van der Waals surface area contributed by atoms with Crippen LogP contribution >= 0.6 is 0 Å². The van der Waals surface area contributed by atoms with Gasteiger partial charge in [0.05, 0.1) is 0 Å². The first-order chi connectivity index (χ1) is 8.83. The highest BCUT2D eigenvalue weighted by atomic mass is 15.1. The molecule has 1 N–H and O–H groups in total. The van der Waals surface area contributed by atoms with Crippen LogP contribution in [-0.2, 0) is 12.8 Å². The molecule has 2 heteroatoms. The number of aryl methyl sites for hydroxylation is 1. The average molecular weight is 244 g/mol. The molecule has 0 spiro atoms. The maximum atomic E-state index is 3.45. The third kappa shape index (κ3) is 2.54. The second-order valence-electron chi connectivity index (χ2n) is 5.89. The monoisotopic (exact) mass is 244 g/mol. The molecule has 0 amide bonds. The molecule has 18 heavy (non-hydrogen) atoms. The predicted octanol–water partition coefficient (Wildman–Crippen LogP) is 2.61. The van der Waals surface area contributed by atoms with E-state index >= 15 is 0 Å². The Bertz CT molecular complexity index is 408. The van der Waals surface area contributed by atoms with Gasteiger partial charge in [0.2, 0.25) is 0 Å². The number of rotatable bonds is 2. The minimum absolute atomic E-state index is 0.894. The molecule has 2 nitrogen and oxygen atoms in total. The number of nitrogens with one attached hydrogen (secondary N) is 1. The van der Waals surface area contributed by atoms with Crippen LogP contribution in [0.5, 0.6) is 0 Å². The number of piperidine rings is 1. The van der Waals surface area contributed by atoms with E-state index in [0.717, 1.165) is 5.92 Å². The maximum absolute atomic E-state index is 3.45. The highest BCUT2D eigenvalue weighted by molar-refractivity contribution is 5.56. The van der Waals surface area contributed by atoms with Crippen LogP contribution in [-0.4, -0.2) is 26.7 Å². The van der Waals surface area contributed by atoms with E-state index < -0.39 is 0 Å². The van der Waals surface area contributed by atoms with E-state index in [1.54, 1.807) is 11.1 Å². The average Bonchev–Trinajstić information content (AvgIpc) is 2.40. The van der Waals surface area contributed by atoms with E-state index in [1.807, 2.05) is 0 Å². The van der Waals surface area contributed by atoms with Gasteiger partial charge in [-0.3, -0.25) is 0 Å². The third-order valence-electron chi connectivity index (χ3n) is 4.48. The molecule has 0 aromatic heterocycles. The molecule has 2 heterocycles. The van der Waals surface area contributed by atoms with Gasteiger partial charge in [-0.1, -0.05) is 12.1 Å². The first-order valence-electron chi connectivity index (χ1n) is 7.36. The molecule has 1 fully saturated rings. The van der Waals surface area contributed by atoms with Crippen molar-refractivity contribution in [2.45, 2.75) is 32.1 Å². The highest BCUT2D eigenvalue weighted by Crippen LogP contribution is 2.28. The van der Waals surface area contributed by atoms with Gasteiger partial charge in [0.15, 0.2) is 0 Å². The van der Waals surface area contributed by atoms with E-state index in [-0.39, 0.29) is 0 Å². The van der Waals surface area contributed by atoms with Crippen molar-refractivity contribution < 1.29 is 0 Å². The Balaban J connectivity index is 1.73. The van der Waals surface area contributed by atoms with E-state index in [1.165, 1.54) is 57.4 Å². The fraction of sp³-hybridized carbons (Fsp3) is 0.625. The maximum Gasteiger partial charge on any atom is 0.0396 e. The largest absolute Gasteiger partial charge is 0.374 e. The van der Waals surface area contributed by atoms with Crippen molar-refractivity contribution in [3.05, 3.63) is 29.3 Å². The molecule has 0 saturated carbocycles. The van der Waals surface area contributed by atoms with E-state index in [9.17, 15) is 0 Å². The molecule has 0 unspecified atom stereocenters. The zero-order valence-electron chi connectivity index (χ0n) is 11.4. The van der Waals surface area contributed by atoms with Crippen molar-refractivity contribution in [3.63, 3.8) is 0 Å². The van der Waals surface area contributed by atoms with Crippen LogP contribution in [0, 0.1) is 5.92 Å². The summed E-state index contributed by atoms with van der Waals surface area (Å²) in [4.78, 5) is 2.40. The van der Waals surface area contributed by atoms with Crippen molar-refractivity contribution in [1.29, 1.82) is 0 Å². The molecule has 3 rings (SSSR count). The summed E-state index contributed by atoms with van der Waals surface area (Å²) in [7, 11) is 2.21. The Kier molecular flexibility index (Phi) is 3.55. The van der Waals surface area contributed by atoms with Crippen LogP contribution in [0.1, 0.15) is 30.4 Å². The molecule has 0 atom stereocenters. The zero-order valence-corrected chi connectivity index (χ0v) is 11.4. The van der Waals surface area contributed by atoms with E-state index in [2.05, 4.69) is 35.5 Å². The van der Waals surface area contributed by atoms with Crippen LogP contribution in [0.15, 0.2) is 18.2 Å². The first-order valence-corrected chi connectivity index (χ1v) is 7.36. The fourth-order valence-corrected chi connectivity index (χ4v) is 3.38. The summed E-state index contributed by atoms with van der Waals surface area (Å²) in [5, 5.41) is 3.45. The Labute approximate surface area is 110 Å². The molecule has 1 aromatic carbocycles. The van der Waals surface area contributed by atoms with E-state index in [4.69, 9.17) is 0 Å². The molecule has 1 aromatic rings. The van der Waals surface area contributed by atoms with Crippen LogP contribution in [0.4, 0.5) is 5.69 Å². The van der Waals surface area contributed by atoms with Gasteiger partial charge in [0.1, 0.15) is 0 Å². The molecule has 0 bridgehead atoms. The number of fused-ring (bicyclic) bond motifs is 1. The van der Waals surface area contributed by atoms with Crippen molar-refractivity contribution in [2.24, 2.45) is 5.92 Å². The van der Waals surface area contributed by atoms with Crippen LogP contribution in [0.25, 0.3) is 0 Å². The molecule has 0 radical (unpaired) electrons. The van der Waals surface area contributed by atoms with Gasteiger partial charge in [0, 0.05) is 19.3 Å². The lowest BCUT2D eigenvalue weighted by molar-refractivity contribution is 0.372. The second kappa shape index (κ2) is 5.31. The van der Waals surface area contributed by atoms with Gasteiger partial charge >= 0.3 is 0 Å². The van der Waals surface area contributed by atoms with E-state index in [0.29, 0.717) is 0 Å². The van der Waals surface area contributed by atoms with Crippen molar-refractivity contribution in [1.82, 2.24) is 5.32 Å². The highest BCUT2D eigenvalue weighted by Gasteiger charge is 2.16. The lowest BCUT2D eigenvalue weighted by Crippen LogP contribution is -2.29. The molecule has 98 valence electrons. The number of hydrogen-bond donors (Lipinski definition) is 1.